The number of carboxylic acids is 1. The van der Waals surface area contributed by atoms with E-state index in [1.807, 2.05) is 13.8 Å². The van der Waals surface area contributed by atoms with Gasteiger partial charge in [-0.05, 0) is 58.8 Å². The fraction of sp³-hybridized carbons (Fsp3) is 0.688. The number of aromatic nitrogens is 2. The number of carboxylic acid groups (broad SMARTS) is 1. The van der Waals surface area contributed by atoms with E-state index < -0.39 is 89.8 Å². The van der Waals surface area contributed by atoms with Gasteiger partial charge in [0.1, 0.15) is 36.3 Å². The molecule has 2 aliphatic heterocycles. The van der Waals surface area contributed by atoms with Crippen molar-refractivity contribution < 1.29 is 43.8 Å². The third-order valence-electron chi connectivity index (χ3n) is 8.84. The predicted octanol–water partition coefficient (Wildman–Crippen LogP) is -2.25. The van der Waals surface area contributed by atoms with E-state index in [2.05, 4.69) is 31.2 Å². The minimum absolute atomic E-state index is 0.0179. The number of aliphatic hydroxyl groups excluding tert-OH is 1. The van der Waals surface area contributed by atoms with E-state index in [0.29, 0.717) is 25.0 Å². The Morgan fingerprint density at radius 1 is 0.880 bits per heavy atom. The lowest BCUT2D eigenvalue weighted by atomic mass is 10.0. The van der Waals surface area contributed by atoms with Crippen molar-refractivity contribution in [3.8, 4) is 0 Å². The van der Waals surface area contributed by atoms with Crippen molar-refractivity contribution in [2.24, 2.45) is 11.7 Å². The van der Waals surface area contributed by atoms with Crippen molar-refractivity contribution in [1.29, 1.82) is 0 Å². The molecule has 2 saturated heterocycles. The molecule has 8 atom stereocenters. The molecule has 6 amide bonds. The van der Waals surface area contributed by atoms with Crippen LogP contribution in [0.2, 0.25) is 0 Å². The number of rotatable bonds is 16. The molecule has 9 N–H and O–H groups in total. The van der Waals surface area contributed by atoms with Crippen molar-refractivity contribution in [2.45, 2.75) is 122 Å². The molecule has 0 unspecified atom stereocenters. The van der Waals surface area contributed by atoms with E-state index in [4.69, 9.17) is 10.8 Å². The molecule has 18 nitrogen and oxygen atoms in total. The Kier molecular flexibility index (Phi) is 14.3. The molecule has 0 bridgehead atoms. The monoisotopic (exact) mass is 705 g/mol. The molecular formula is C32H51N9O9. The summed E-state index contributed by atoms with van der Waals surface area (Å²) in [5, 5.41) is 29.3. The summed E-state index contributed by atoms with van der Waals surface area (Å²) in [4.78, 5) is 100. The summed E-state index contributed by atoms with van der Waals surface area (Å²) in [6, 6.07) is -7.58. The Hall–Kier alpha value is -4.58. The molecule has 0 saturated carbocycles. The lowest BCUT2D eigenvalue weighted by molar-refractivity contribution is -0.148. The number of imidazole rings is 1. The minimum atomic E-state index is -1.47. The van der Waals surface area contributed by atoms with E-state index in [-0.39, 0.29) is 38.3 Å². The smallest absolute Gasteiger partial charge is 0.325 e. The largest absolute Gasteiger partial charge is 0.480 e. The van der Waals surface area contributed by atoms with Gasteiger partial charge in [0.05, 0.1) is 24.2 Å². The van der Waals surface area contributed by atoms with Crippen LogP contribution in [0.25, 0.3) is 0 Å². The van der Waals surface area contributed by atoms with Gasteiger partial charge >= 0.3 is 5.97 Å². The number of nitrogens with zero attached hydrogens (tertiary/aromatic N) is 3. The number of likely N-dealkylation sites (tertiary alicyclic amines) is 2. The van der Waals surface area contributed by atoms with Crippen molar-refractivity contribution in [3.05, 3.63) is 18.2 Å². The van der Waals surface area contributed by atoms with Crippen LogP contribution in [0.4, 0.5) is 0 Å². The first-order valence-electron chi connectivity index (χ1n) is 17.0. The van der Waals surface area contributed by atoms with Crippen LogP contribution in [0.3, 0.4) is 0 Å². The van der Waals surface area contributed by atoms with Crippen LogP contribution >= 0.6 is 0 Å². The molecule has 0 aliphatic carbocycles. The molecule has 3 heterocycles. The van der Waals surface area contributed by atoms with Crippen LogP contribution in [0, 0.1) is 5.92 Å². The number of H-pyrrole nitrogens is 1. The number of hydrogen-bond acceptors (Lipinski definition) is 10. The van der Waals surface area contributed by atoms with Gasteiger partial charge in [-0.2, -0.15) is 0 Å². The third kappa shape index (κ3) is 10.5. The molecule has 18 heteroatoms. The summed E-state index contributed by atoms with van der Waals surface area (Å²) in [6.45, 7) is 8.25. The van der Waals surface area contributed by atoms with Gasteiger partial charge in [0.2, 0.25) is 35.4 Å². The third-order valence-corrected chi connectivity index (χ3v) is 8.84. The lowest BCUT2D eigenvalue weighted by Crippen LogP contribution is -2.60. The first-order chi connectivity index (χ1) is 23.5. The van der Waals surface area contributed by atoms with Crippen molar-refractivity contribution in [2.75, 3.05) is 13.1 Å². The van der Waals surface area contributed by atoms with E-state index in [9.17, 15) is 38.7 Å². The molecule has 278 valence electrons. The van der Waals surface area contributed by atoms with Gasteiger partial charge in [0.25, 0.3) is 0 Å². The van der Waals surface area contributed by atoms with Crippen LogP contribution in [0.5, 0.6) is 0 Å². The molecule has 0 aromatic carbocycles. The number of amides is 6. The number of nitrogens with one attached hydrogen (secondary N) is 5. The number of carbonyl (C=O) groups excluding carboxylic acids is 6. The zero-order valence-corrected chi connectivity index (χ0v) is 29.2. The fourth-order valence-electron chi connectivity index (χ4n) is 6.13. The van der Waals surface area contributed by atoms with Gasteiger partial charge in [-0.1, -0.05) is 13.8 Å². The number of aliphatic carboxylic acids is 1. The van der Waals surface area contributed by atoms with E-state index in [0.717, 1.165) is 0 Å². The second-order valence-corrected chi connectivity index (χ2v) is 13.5. The zero-order chi connectivity index (χ0) is 37.3. The van der Waals surface area contributed by atoms with Gasteiger partial charge < -0.3 is 52.0 Å². The standard InChI is InChI=1S/C32H51N9O9/c1-16(2)12-22(38-26(43)21(33)13-20-14-34-15-35-20)27(44)36-17(3)30(47)41-11-7-9-24(41)31(48)40-10-6-8-23(40)28(45)39-25(19(5)42)29(46)37-18(4)32(49)50/h14-19,21-25,42H,6-13,33H2,1-5H3,(H,34,35)(H,36,44)(H,37,46)(H,38,43)(H,39,45)(H,49,50)/t17-,18-,19+,21-,22-,23-,24-,25-/m0/s1. The van der Waals surface area contributed by atoms with E-state index in [1.165, 1.54) is 36.9 Å². The first-order valence-corrected chi connectivity index (χ1v) is 17.0. The van der Waals surface area contributed by atoms with Crippen LogP contribution in [-0.4, -0.2) is 133 Å². The predicted molar refractivity (Wildman–Crippen MR) is 178 cm³/mol. The Morgan fingerprint density at radius 2 is 1.50 bits per heavy atom. The SMILES string of the molecule is CC(C)C[C@H](NC(=O)[C@@H](N)Cc1c[nH]cn1)C(=O)N[C@@H](C)C(=O)N1CCC[C@H]1C(=O)N1CCC[C@H]1C(=O)N[C@H](C(=O)N[C@@H](C)C(=O)O)[C@@H](C)O. The number of aliphatic hydroxyl groups is 1. The molecule has 0 spiro atoms. The number of carbonyl (C=O) groups is 7. The average molecular weight is 706 g/mol. The van der Waals surface area contributed by atoms with Crippen LogP contribution in [0.1, 0.15) is 72.4 Å². The minimum Gasteiger partial charge on any atom is -0.480 e. The van der Waals surface area contributed by atoms with Crippen molar-refractivity contribution in [1.82, 2.24) is 41.0 Å². The zero-order valence-electron chi connectivity index (χ0n) is 29.2. The van der Waals surface area contributed by atoms with Crippen LogP contribution in [-0.2, 0) is 40.0 Å². The molecule has 1 aromatic heterocycles. The van der Waals surface area contributed by atoms with E-state index >= 15 is 0 Å². The Balaban J connectivity index is 1.64. The van der Waals surface area contributed by atoms with E-state index in [1.54, 1.807) is 6.20 Å². The Bertz CT molecular complexity index is 1390. The average Bonchev–Trinajstić information content (AvgIpc) is 3.84. The van der Waals surface area contributed by atoms with Gasteiger partial charge in [-0.3, -0.25) is 33.6 Å². The summed E-state index contributed by atoms with van der Waals surface area (Å²) in [5.41, 5.74) is 6.64. The number of nitrogens with two attached hydrogens (primary N) is 1. The highest BCUT2D eigenvalue weighted by atomic mass is 16.4. The van der Waals surface area contributed by atoms with Gasteiger partial charge in [0.15, 0.2) is 0 Å². The summed E-state index contributed by atoms with van der Waals surface area (Å²) in [7, 11) is 0. The number of aromatic amines is 1. The molecule has 3 rings (SSSR count). The fourth-order valence-corrected chi connectivity index (χ4v) is 6.13. The van der Waals surface area contributed by atoms with Crippen molar-refractivity contribution in [3.63, 3.8) is 0 Å². The van der Waals surface area contributed by atoms with Gasteiger partial charge in [0, 0.05) is 25.7 Å². The summed E-state index contributed by atoms with van der Waals surface area (Å²) < 4.78 is 0. The summed E-state index contributed by atoms with van der Waals surface area (Å²) in [5.74, 6) is -4.95. The lowest BCUT2D eigenvalue weighted by Gasteiger charge is -2.33. The molecule has 0 radical (unpaired) electrons. The normalized spacial score (nSPS) is 21.0. The highest BCUT2D eigenvalue weighted by Gasteiger charge is 2.44. The molecule has 2 fully saturated rings. The first kappa shape index (κ1) is 39.9. The van der Waals surface area contributed by atoms with Crippen molar-refractivity contribution >= 4 is 41.4 Å². The topological polar surface area (TPSA) is 269 Å². The maximum atomic E-state index is 13.8. The molecule has 50 heavy (non-hydrogen) atoms. The highest BCUT2D eigenvalue weighted by molar-refractivity contribution is 5.97. The number of hydrogen-bond donors (Lipinski definition) is 8. The van der Waals surface area contributed by atoms with Gasteiger partial charge in [-0.25, -0.2) is 4.98 Å². The van der Waals surface area contributed by atoms with Gasteiger partial charge in [-0.15, -0.1) is 0 Å². The summed E-state index contributed by atoms with van der Waals surface area (Å²) >= 11 is 0. The van der Waals surface area contributed by atoms with Crippen LogP contribution < -0.4 is 27.0 Å². The molecule has 2 aliphatic rings. The highest BCUT2D eigenvalue weighted by Crippen LogP contribution is 2.26. The summed E-state index contributed by atoms with van der Waals surface area (Å²) in [6.07, 6.45) is 3.77. The molecular weight excluding hydrogens is 654 g/mol. The maximum absolute atomic E-state index is 13.8. The quantitative estimate of drug-likeness (QED) is 0.0910. The maximum Gasteiger partial charge on any atom is 0.325 e. The van der Waals surface area contributed by atoms with Crippen LogP contribution in [0.15, 0.2) is 12.5 Å². The molecule has 1 aromatic rings. The Labute approximate surface area is 290 Å². The second kappa shape index (κ2) is 17.9. The Morgan fingerprint density at radius 3 is 2.08 bits per heavy atom. The second-order valence-electron chi connectivity index (χ2n) is 13.5.